The second-order valence-electron chi connectivity index (χ2n) is 4.27. The predicted molar refractivity (Wildman–Crippen MR) is 69.2 cm³/mol. The fraction of sp³-hybridized carbons (Fsp3) is 0.455. The first-order chi connectivity index (χ1) is 8.86. The summed E-state index contributed by atoms with van der Waals surface area (Å²) in [6, 6.07) is 1.05. The standard InChI is InChI=1S/C11H14F3N5.ClH/c1-18-7-8(5-16-18)4-15-6-9-3-10(11(12,13)14)17-19(9)2;/h3,5,7,15H,4,6H2,1-2H3;1H. The van der Waals surface area contributed by atoms with Gasteiger partial charge in [0.25, 0.3) is 0 Å². The number of hydrogen-bond acceptors (Lipinski definition) is 3. The number of aryl methyl sites for hydroxylation is 2. The molecular weight excluding hydrogens is 295 g/mol. The van der Waals surface area contributed by atoms with Crippen molar-refractivity contribution < 1.29 is 13.2 Å². The summed E-state index contributed by atoms with van der Waals surface area (Å²) < 4.78 is 40.3. The lowest BCUT2D eigenvalue weighted by Gasteiger charge is -2.02. The van der Waals surface area contributed by atoms with Crippen LogP contribution in [0.5, 0.6) is 0 Å². The van der Waals surface area contributed by atoms with Gasteiger partial charge in [0.2, 0.25) is 0 Å². The van der Waals surface area contributed by atoms with Gasteiger partial charge in [-0.2, -0.15) is 23.4 Å². The minimum atomic E-state index is -4.40. The Balaban J connectivity index is 0.00000200. The molecule has 5 nitrogen and oxygen atoms in total. The van der Waals surface area contributed by atoms with Crippen LogP contribution in [0.2, 0.25) is 0 Å². The van der Waals surface area contributed by atoms with Gasteiger partial charge in [0.05, 0.1) is 11.9 Å². The van der Waals surface area contributed by atoms with Crippen molar-refractivity contribution in [2.24, 2.45) is 14.1 Å². The van der Waals surface area contributed by atoms with Gasteiger partial charge < -0.3 is 5.32 Å². The number of nitrogens with zero attached hydrogens (tertiary/aromatic N) is 4. The van der Waals surface area contributed by atoms with Gasteiger partial charge in [0.15, 0.2) is 5.69 Å². The van der Waals surface area contributed by atoms with Crippen LogP contribution in [0.3, 0.4) is 0 Å². The zero-order chi connectivity index (χ0) is 14.0. The summed E-state index contributed by atoms with van der Waals surface area (Å²) in [5, 5.41) is 10.5. The molecule has 2 heterocycles. The van der Waals surface area contributed by atoms with Gasteiger partial charge >= 0.3 is 6.18 Å². The van der Waals surface area contributed by atoms with Crippen LogP contribution in [-0.2, 0) is 33.4 Å². The molecule has 0 unspecified atom stereocenters. The maximum Gasteiger partial charge on any atom is 0.435 e. The van der Waals surface area contributed by atoms with E-state index in [-0.39, 0.29) is 12.4 Å². The molecule has 0 bridgehead atoms. The van der Waals surface area contributed by atoms with Crippen LogP contribution >= 0.6 is 12.4 Å². The van der Waals surface area contributed by atoms with Crippen LogP contribution in [0.15, 0.2) is 18.5 Å². The molecular formula is C11H15ClF3N5. The van der Waals surface area contributed by atoms with Crippen LogP contribution in [0.1, 0.15) is 17.0 Å². The van der Waals surface area contributed by atoms with E-state index in [9.17, 15) is 13.2 Å². The molecule has 0 aliphatic carbocycles. The second kappa shape index (κ2) is 6.27. The van der Waals surface area contributed by atoms with Crippen molar-refractivity contribution in [1.82, 2.24) is 24.9 Å². The average Bonchev–Trinajstić information content (AvgIpc) is 2.86. The minimum Gasteiger partial charge on any atom is -0.307 e. The molecule has 0 spiro atoms. The summed E-state index contributed by atoms with van der Waals surface area (Å²) in [4.78, 5) is 0. The van der Waals surface area contributed by atoms with E-state index in [0.29, 0.717) is 18.8 Å². The average molecular weight is 310 g/mol. The second-order valence-corrected chi connectivity index (χ2v) is 4.27. The van der Waals surface area contributed by atoms with Crippen molar-refractivity contribution in [3.05, 3.63) is 35.4 Å². The monoisotopic (exact) mass is 309 g/mol. The SMILES string of the molecule is Cl.Cn1cc(CNCc2cc(C(F)(F)F)nn2C)cn1. The molecule has 0 atom stereocenters. The van der Waals surface area contributed by atoms with Gasteiger partial charge in [-0.3, -0.25) is 9.36 Å². The van der Waals surface area contributed by atoms with Crippen molar-refractivity contribution in [1.29, 1.82) is 0 Å². The Morgan fingerprint density at radius 2 is 1.95 bits per heavy atom. The first-order valence-electron chi connectivity index (χ1n) is 5.64. The largest absolute Gasteiger partial charge is 0.435 e. The van der Waals surface area contributed by atoms with Crippen LogP contribution in [-0.4, -0.2) is 19.6 Å². The van der Waals surface area contributed by atoms with Crippen molar-refractivity contribution in [2.75, 3.05) is 0 Å². The summed E-state index contributed by atoms with van der Waals surface area (Å²) in [5.41, 5.74) is 0.588. The Bertz CT molecular complexity index is 561. The van der Waals surface area contributed by atoms with Crippen molar-refractivity contribution in [3.63, 3.8) is 0 Å². The van der Waals surface area contributed by atoms with E-state index in [0.717, 1.165) is 11.6 Å². The highest BCUT2D eigenvalue weighted by Gasteiger charge is 2.34. The van der Waals surface area contributed by atoms with Crippen LogP contribution in [0, 0.1) is 0 Å². The lowest BCUT2D eigenvalue weighted by Crippen LogP contribution is -2.14. The Kier molecular flexibility index (Phi) is 5.18. The Morgan fingerprint density at radius 3 is 2.45 bits per heavy atom. The number of nitrogens with one attached hydrogen (secondary N) is 1. The number of aromatic nitrogens is 4. The van der Waals surface area contributed by atoms with Crippen molar-refractivity contribution in [2.45, 2.75) is 19.3 Å². The molecule has 9 heteroatoms. The number of alkyl halides is 3. The summed E-state index contributed by atoms with van der Waals surface area (Å²) in [6.07, 6.45) is -0.853. The Morgan fingerprint density at radius 1 is 1.25 bits per heavy atom. The van der Waals surface area contributed by atoms with Crippen LogP contribution < -0.4 is 5.32 Å². The molecule has 2 rings (SSSR count). The molecule has 0 fully saturated rings. The normalized spacial score (nSPS) is 11.4. The molecule has 0 aliphatic rings. The van der Waals surface area contributed by atoms with Crippen LogP contribution in [0.4, 0.5) is 13.2 Å². The highest BCUT2D eigenvalue weighted by Crippen LogP contribution is 2.28. The van der Waals surface area contributed by atoms with E-state index in [2.05, 4.69) is 15.5 Å². The third-order valence-corrected chi connectivity index (χ3v) is 2.66. The maximum absolute atomic E-state index is 12.5. The maximum atomic E-state index is 12.5. The zero-order valence-electron chi connectivity index (χ0n) is 11.0. The highest BCUT2D eigenvalue weighted by molar-refractivity contribution is 5.85. The molecule has 0 saturated heterocycles. The molecule has 0 radical (unpaired) electrons. The van der Waals surface area contributed by atoms with Gasteiger partial charge in [-0.05, 0) is 6.07 Å². The highest BCUT2D eigenvalue weighted by atomic mass is 35.5. The molecule has 2 aromatic heterocycles. The number of halogens is 4. The lowest BCUT2D eigenvalue weighted by molar-refractivity contribution is -0.141. The predicted octanol–water partition coefficient (Wildman–Crippen LogP) is 1.88. The van der Waals surface area contributed by atoms with Gasteiger partial charge in [-0.25, -0.2) is 0 Å². The molecule has 1 N–H and O–H groups in total. The van der Waals surface area contributed by atoms with Gasteiger partial charge in [0, 0.05) is 38.9 Å². The first kappa shape index (κ1) is 16.5. The third-order valence-electron chi connectivity index (χ3n) is 2.66. The summed E-state index contributed by atoms with van der Waals surface area (Å²) in [6.45, 7) is 0.856. The Labute approximate surface area is 120 Å². The van der Waals surface area contributed by atoms with E-state index >= 15 is 0 Å². The van der Waals surface area contributed by atoms with E-state index in [1.54, 1.807) is 17.9 Å². The summed E-state index contributed by atoms with van der Waals surface area (Å²) in [7, 11) is 3.30. The van der Waals surface area contributed by atoms with Gasteiger partial charge in [-0.15, -0.1) is 12.4 Å². The molecule has 0 amide bonds. The fourth-order valence-corrected chi connectivity index (χ4v) is 1.71. The first-order valence-corrected chi connectivity index (χ1v) is 5.64. The van der Waals surface area contributed by atoms with Gasteiger partial charge in [0.1, 0.15) is 0 Å². The van der Waals surface area contributed by atoms with Gasteiger partial charge in [-0.1, -0.05) is 0 Å². The molecule has 0 saturated carbocycles. The molecule has 2 aromatic rings. The summed E-state index contributed by atoms with van der Waals surface area (Å²) >= 11 is 0. The molecule has 0 aliphatic heterocycles. The topological polar surface area (TPSA) is 47.7 Å². The van der Waals surface area contributed by atoms with Crippen LogP contribution in [0.25, 0.3) is 0 Å². The number of hydrogen-bond donors (Lipinski definition) is 1. The molecule has 112 valence electrons. The number of rotatable bonds is 4. The van der Waals surface area contributed by atoms with E-state index in [1.807, 2.05) is 6.20 Å². The molecule has 20 heavy (non-hydrogen) atoms. The smallest absolute Gasteiger partial charge is 0.307 e. The molecule has 0 aromatic carbocycles. The van der Waals surface area contributed by atoms with E-state index in [1.165, 1.54) is 11.7 Å². The fourth-order valence-electron chi connectivity index (χ4n) is 1.71. The minimum absolute atomic E-state index is 0. The zero-order valence-corrected chi connectivity index (χ0v) is 11.8. The third kappa shape index (κ3) is 3.97. The lowest BCUT2D eigenvalue weighted by atomic mass is 10.3. The Hall–Kier alpha value is -1.54. The van der Waals surface area contributed by atoms with E-state index in [4.69, 9.17) is 0 Å². The summed E-state index contributed by atoms with van der Waals surface area (Å²) in [5.74, 6) is 0. The van der Waals surface area contributed by atoms with Crippen molar-refractivity contribution >= 4 is 12.4 Å². The van der Waals surface area contributed by atoms with Crippen molar-refractivity contribution in [3.8, 4) is 0 Å². The quantitative estimate of drug-likeness (QED) is 0.938. The van der Waals surface area contributed by atoms with E-state index < -0.39 is 11.9 Å².